The van der Waals surface area contributed by atoms with Crippen LogP contribution in [0.5, 0.6) is 0 Å². The molecule has 0 amide bonds. The first-order valence-corrected chi connectivity index (χ1v) is 10.5. The van der Waals surface area contributed by atoms with Gasteiger partial charge < -0.3 is 0 Å². The van der Waals surface area contributed by atoms with Gasteiger partial charge in [0.25, 0.3) is 0 Å². The summed E-state index contributed by atoms with van der Waals surface area (Å²) < 4.78 is 39.8. The molecule has 31 heavy (non-hydrogen) atoms. The van der Waals surface area contributed by atoms with Crippen molar-refractivity contribution < 1.29 is 13.2 Å². The molecule has 0 unspecified atom stereocenters. The Balaban J connectivity index is 1.74. The van der Waals surface area contributed by atoms with Crippen molar-refractivity contribution in [2.75, 3.05) is 0 Å². The van der Waals surface area contributed by atoms with Gasteiger partial charge in [-0.15, -0.1) is 11.3 Å². The van der Waals surface area contributed by atoms with Crippen LogP contribution in [0, 0.1) is 11.3 Å². The van der Waals surface area contributed by atoms with Gasteiger partial charge in [-0.2, -0.15) is 18.4 Å². The van der Waals surface area contributed by atoms with Crippen LogP contribution in [-0.2, 0) is 12.6 Å². The Bertz CT molecular complexity index is 1250. The van der Waals surface area contributed by atoms with Crippen molar-refractivity contribution in [3.8, 4) is 6.07 Å². The standard InChI is InChI=1S/C25H17F3N2S/c26-25(27,28)21-9-6-18(7-10-21)23(16-29)30-22(14-17-4-2-1-3-5-17)19-8-11-24-20(15-19)12-13-31-24/h1-13,15,22H,14H2/t22-/m1/s1. The Hall–Kier alpha value is -3.43. The van der Waals surface area contributed by atoms with Crippen LogP contribution in [0.25, 0.3) is 10.1 Å². The molecule has 1 atom stereocenters. The SMILES string of the molecule is N#CC(=N[C@H](Cc1ccccc1)c1ccc2sccc2c1)c1ccc(C(F)(F)F)cc1. The number of thiophene rings is 1. The smallest absolute Gasteiger partial charge is 0.265 e. The Labute approximate surface area is 181 Å². The number of benzene rings is 3. The second-order valence-electron chi connectivity index (χ2n) is 7.09. The molecule has 0 N–H and O–H groups in total. The van der Waals surface area contributed by atoms with Gasteiger partial charge in [-0.3, -0.25) is 4.99 Å². The topological polar surface area (TPSA) is 36.1 Å². The minimum Gasteiger partial charge on any atom is -0.265 e. The van der Waals surface area contributed by atoms with Crippen molar-refractivity contribution >= 4 is 27.1 Å². The fraction of sp³-hybridized carbons (Fsp3) is 0.120. The van der Waals surface area contributed by atoms with E-state index in [-0.39, 0.29) is 11.8 Å². The van der Waals surface area contributed by atoms with E-state index in [4.69, 9.17) is 4.99 Å². The number of hydrogen-bond acceptors (Lipinski definition) is 3. The van der Waals surface area contributed by atoms with E-state index in [0.717, 1.165) is 33.3 Å². The summed E-state index contributed by atoms with van der Waals surface area (Å²) in [7, 11) is 0. The lowest BCUT2D eigenvalue weighted by atomic mass is 9.97. The molecule has 4 rings (SSSR count). The number of nitrogens with zero attached hydrogens (tertiary/aromatic N) is 2. The zero-order valence-corrected chi connectivity index (χ0v) is 17.1. The molecule has 2 nitrogen and oxygen atoms in total. The fourth-order valence-electron chi connectivity index (χ4n) is 3.41. The van der Waals surface area contributed by atoms with Crippen molar-refractivity contribution in [3.63, 3.8) is 0 Å². The van der Waals surface area contributed by atoms with E-state index in [1.54, 1.807) is 11.3 Å². The van der Waals surface area contributed by atoms with Gasteiger partial charge in [0.2, 0.25) is 0 Å². The van der Waals surface area contributed by atoms with E-state index in [1.165, 1.54) is 12.1 Å². The summed E-state index contributed by atoms with van der Waals surface area (Å²) in [6.07, 6.45) is -3.85. The molecule has 0 bridgehead atoms. The first-order valence-electron chi connectivity index (χ1n) is 9.60. The fourth-order valence-corrected chi connectivity index (χ4v) is 4.18. The van der Waals surface area contributed by atoms with Crippen LogP contribution in [-0.4, -0.2) is 5.71 Å². The van der Waals surface area contributed by atoms with Gasteiger partial charge in [-0.05, 0) is 58.6 Å². The molecule has 0 aliphatic rings. The van der Waals surface area contributed by atoms with E-state index in [9.17, 15) is 18.4 Å². The third-order valence-electron chi connectivity index (χ3n) is 5.01. The first kappa shape index (κ1) is 20.8. The molecule has 0 saturated heterocycles. The zero-order chi connectivity index (χ0) is 21.8. The number of alkyl halides is 3. The number of hydrogen-bond donors (Lipinski definition) is 0. The lowest BCUT2D eigenvalue weighted by Gasteiger charge is -2.15. The lowest BCUT2D eigenvalue weighted by Crippen LogP contribution is -2.08. The predicted octanol–water partition coefficient (Wildman–Crippen LogP) is 7.22. The van der Waals surface area contributed by atoms with Crippen molar-refractivity contribution in [2.45, 2.75) is 18.6 Å². The summed E-state index contributed by atoms with van der Waals surface area (Å²) in [5.41, 5.74) is 1.74. The van der Waals surface area contributed by atoms with E-state index in [0.29, 0.717) is 12.0 Å². The molecule has 6 heteroatoms. The highest BCUT2D eigenvalue weighted by Gasteiger charge is 2.30. The highest BCUT2D eigenvalue weighted by Crippen LogP contribution is 2.31. The Morgan fingerprint density at radius 2 is 1.71 bits per heavy atom. The molecule has 0 aliphatic carbocycles. The Morgan fingerprint density at radius 3 is 2.39 bits per heavy atom. The van der Waals surface area contributed by atoms with Gasteiger partial charge in [0, 0.05) is 10.3 Å². The minimum atomic E-state index is -4.42. The molecule has 0 saturated carbocycles. The molecule has 154 valence electrons. The molecule has 3 aromatic carbocycles. The summed E-state index contributed by atoms with van der Waals surface area (Å²) in [6, 6.07) is 24.2. The largest absolute Gasteiger partial charge is 0.416 e. The van der Waals surface area contributed by atoms with Gasteiger partial charge in [-0.25, -0.2) is 0 Å². The quantitative estimate of drug-likeness (QED) is 0.306. The summed E-state index contributed by atoms with van der Waals surface area (Å²) in [6.45, 7) is 0. The molecule has 0 aliphatic heterocycles. The van der Waals surface area contributed by atoms with Gasteiger partial charge in [0.05, 0.1) is 11.6 Å². The Kier molecular flexibility index (Phi) is 5.88. The molecule has 4 aromatic rings. The molecular weight excluding hydrogens is 417 g/mol. The van der Waals surface area contributed by atoms with Crippen molar-refractivity contribution in [1.82, 2.24) is 0 Å². The number of halogens is 3. The number of rotatable bonds is 5. The molecule has 0 fully saturated rings. The van der Waals surface area contributed by atoms with Crippen LogP contribution >= 0.6 is 11.3 Å². The van der Waals surface area contributed by atoms with Crippen LogP contribution in [0.15, 0.2) is 89.2 Å². The minimum absolute atomic E-state index is 0.111. The third-order valence-corrected chi connectivity index (χ3v) is 5.91. The van der Waals surface area contributed by atoms with Crippen LogP contribution in [0.2, 0.25) is 0 Å². The zero-order valence-electron chi connectivity index (χ0n) is 16.3. The van der Waals surface area contributed by atoms with Gasteiger partial charge in [-0.1, -0.05) is 48.5 Å². The van der Waals surface area contributed by atoms with Gasteiger partial charge in [0.1, 0.15) is 11.8 Å². The average Bonchev–Trinajstić information content (AvgIpc) is 3.25. The molecule has 0 radical (unpaired) electrons. The van der Waals surface area contributed by atoms with Crippen LogP contribution < -0.4 is 0 Å². The number of nitriles is 1. The van der Waals surface area contributed by atoms with E-state index in [2.05, 4.69) is 12.1 Å². The van der Waals surface area contributed by atoms with E-state index in [1.807, 2.05) is 53.9 Å². The molecule has 1 heterocycles. The number of fused-ring (bicyclic) bond motifs is 1. The molecular formula is C25H17F3N2S. The monoisotopic (exact) mass is 434 g/mol. The number of aliphatic imine (C=N–C) groups is 1. The maximum Gasteiger partial charge on any atom is 0.416 e. The first-order chi connectivity index (χ1) is 14.9. The summed E-state index contributed by atoms with van der Waals surface area (Å²) in [5, 5.41) is 12.8. The highest BCUT2D eigenvalue weighted by atomic mass is 32.1. The van der Waals surface area contributed by atoms with Crippen molar-refractivity contribution in [3.05, 3.63) is 106 Å². The van der Waals surface area contributed by atoms with Gasteiger partial charge in [0.15, 0.2) is 0 Å². The van der Waals surface area contributed by atoms with Crippen molar-refractivity contribution in [2.24, 2.45) is 4.99 Å². The molecule has 1 aromatic heterocycles. The van der Waals surface area contributed by atoms with E-state index >= 15 is 0 Å². The van der Waals surface area contributed by atoms with Crippen LogP contribution in [0.1, 0.15) is 28.3 Å². The summed E-state index contributed by atoms with van der Waals surface area (Å²) in [4.78, 5) is 4.69. The van der Waals surface area contributed by atoms with Crippen molar-refractivity contribution in [1.29, 1.82) is 5.26 Å². The molecule has 0 spiro atoms. The van der Waals surface area contributed by atoms with Gasteiger partial charge >= 0.3 is 6.18 Å². The maximum atomic E-state index is 12.9. The summed E-state index contributed by atoms with van der Waals surface area (Å²) in [5.74, 6) is 0. The lowest BCUT2D eigenvalue weighted by molar-refractivity contribution is -0.137. The van der Waals surface area contributed by atoms with E-state index < -0.39 is 11.7 Å². The predicted molar refractivity (Wildman–Crippen MR) is 118 cm³/mol. The maximum absolute atomic E-state index is 12.9. The highest BCUT2D eigenvalue weighted by molar-refractivity contribution is 7.17. The van der Waals surface area contributed by atoms with Crippen LogP contribution in [0.4, 0.5) is 13.2 Å². The normalized spacial score (nSPS) is 13.2. The second kappa shape index (κ2) is 8.75. The second-order valence-corrected chi connectivity index (χ2v) is 8.04. The average molecular weight is 434 g/mol. The Morgan fingerprint density at radius 1 is 0.968 bits per heavy atom. The van der Waals surface area contributed by atoms with Crippen LogP contribution in [0.3, 0.4) is 0 Å². The third kappa shape index (κ3) is 4.84. The summed E-state index contributed by atoms with van der Waals surface area (Å²) >= 11 is 1.65.